The number of nitrogens with zero attached hydrogens (tertiary/aromatic N) is 3. The highest BCUT2D eigenvalue weighted by Gasteiger charge is 2.08. The van der Waals surface area contributed by atoms with Gasteiger partial charge in [0.2, 0.25) is 0 Å². The lowest BCUT2D eigenvalue weighted by atomic mass is 10.3. The van der Waals surface area contributed by atoms with Crippen molar-refractivity contribution in [2.24, 2.45) is 10.8 Å². The van der Waals surface area contributed by atoms with Gasteiger partial charge in [0.25, 0.3) is 0 Å². The van der Waals surface area contributed by atoms with E-state index in [2.05, 4.69) is 4.99 Å². The third-order valence-corrected chi connectivity index (χ3v) is 1.01. The average molecular weight is 122 g/mol. The second-order valence-corrected chi connectivity index (χ2v) is 1.62. The molecule has 1 aliphatic rings. The molecule has 4 heteroatoms. The van der Waals surface area contributed by atoms with Gasteiger partial charge in [-0.2, -0.15) is 5.26 Å². The van der Waals surface area contributed by atoms with Crippen LogP contribution in [0.2, 0.25) is 0 Å². The summed E-state index contributed by atoms with van der Waals surface area (Å²) in [5.41, 5.74) is 0. The summed E-state index contributed by atoms with van der Waals surface area (Å²) in [6, 6.07) is 1.55. The Bertz CT molecular complexity index is 188. The van der Waals surface area contributed by atoms with Crippen LogP contribution in [0.3, 0.4) is 0 Å². The highest BCUT2D eigenvalue weighted by molar-refractivity contribution is 5.69. The molecular weight excluding hydrogens is 116 g/mol. The van der Waals surface area contributed by atoms with Crippen molar-refractivity contribution in [2.75, 3.05) is 0 Å². The molecule has 0 saturated carbocycles. The van der Waals surface area contributed by atoms with Gasteiger partial charge in [-0.1, -0.05) is 0 Å². The number of hydrogen-bond donors (Lipinski definition) is 1. The molecule has 2 N–H and O–H groups in total. The number of hydrogen-bond acceptors (Lipinski definition) is 4. The van der Waals surface area contributed by atoms with Crippen LogP contribution in [0, 0.1) is 11.3 Å². The van der Waals surface area contributed by atoms with Crippen LogP contribution in [0.1, 0.15) is 0 Å². The van der Waals surface area contributed by atoms with Crippen LogP contribution in [0.15, 0.2) is 17.4 Å². The van der Waals surface area contributed by atoms with Gasteiger partial charge in [0.1, 0.15) is 0 Å². The predicted octanol–water partition coefficient (Wildman–Crippen LogP) is -0.390. The Kier molecular flexibility index (Phi) is 1.47. The van der Waals surface area contributed by atoms with E-state index in [9.17, 15) is 0 Å². The Morgan fingerprint density at radius 3 is 3.00 bits per heavy atom. The van der Waals surface area contributed by atoms with Crippen LogP contribution in [0.25, 0.3) is 0 Å². The van der Waals surface area contributed by atoms with Gasteiger partial charge in [0.05, 0.1) is 6.07 Å². The highest BCUT2D eigenvalue weighted by Crippen LogP contribution is 1.95. The lowest BCUT2D eigenvalue weighted by molar-refractivity contribution is 0.397. The quantitative estimate of drug-likeness (QED) is 0.445. The van der Waals surface area contributed by atoms with E-state index in [1.807, 2.05) is 6.07 Å². The van der Waals surface area contributed by atoms with Gasteiger partial charge in [-0.15, -0.1) is 0 Å². The fourth-order valence-electron chi connectivity index (χ4n) is 0.516. The fourth-order valence-corrected chi connectivity index (χ4v) is 0.516. The number of rotatable bonds is 0. The molecule has 0 radical (unpaired) electrons. The first-order chi connectivity index (χ1) is 4.34. The molecule has 0 aromatic carbocycles. The monoisotopic (exact) mass is 122 g/mol. The van der Waals surface area contributed by atoms with Crippen LogP contribution >= 0.6 is 0 Å². The Morgan fingerprint density at radius 2 is 2.56 bits per heavy atom. The smallest absolute Gasteiger partial charge is 0.166 e. The SMILES string of the molecule is N#CC1C=NC=CN1N. The molecule has 0 amide bonds. The summed E-state index contributed by atoms with van der Waals surface area (Å²) in [4.78, 5) is 3.73. The highest BCUT2D eigenvalue weighted by atomic mass is 15.4. The molecule has 1 heterocycles. The zero-order valence-corrected chi connectivity index (χ0v) is 4.73. The molecule has 9 heavy (non-hydrogen) atoms. The molecule has 0 aromatic rings. The molecule has 1 atom stereocenters. The maximum atomic E-state index is 8.36. The fraction of sp³-hybridized carbons (Fsp3) is 0.200. The van der Waals surface area contributed by atoms with Crippen LogP contribution in [-0.2, 0) is 0 Å². The van der Waals surface area contributed by atoms with Crippen molar-refractivity contribution in [3.05, 3.63) is 12.4 Å². The molecule has 1 aliphatic heterocycles. The molecule has 0 saturated heterocycles. The molecular formula is C5H6N4. The van der Waals surface area contributed by atoms with E-state index in [1.54, 1.807) is 6.20 Å². The third kappa shape index (κ3) is 1.06. The normalized spacial score (nSPS) is 24.0. The van der Waals surface area contributed by atoms with E-state index in [4.69, 9.17) is 11.1 Å². The molecule has 0 aromatic heterocycles. The zero-order chi connectivity index (χ0) is 6.69. The second kappa shape index (κ2) is 2.29. The van der Waals surface area contributed by atoms with Crippen LogP contribution in [0.4, 0.5) is 0 Å². The lowest BCUT2D eigenvalue weighted by Gasteiger charge is -2.17. The van der Waals surface area contributed by atoms with Gasteiger partial charge >= 0.3 is 0 Å². The van der Waals surface area contributed by atoms with Gasteiger partial charge < -0.3 is 0 Å². The van der Waals surface area contributed by atoms with Crippen molar-refractivity contribution in [1.82, 2.24) is 5.01 Å². The van der Waals surface area contributed by atoms with Crippen molar-refractivity contribution in [3.63, 3.8) is 0 Å². The Hall–Kier alpha value is -1.34. The molecule has 1 rings (SSSR count). The van der Waals surface area contributed by atoms with Crippen LogP contribution in [-0.4, -0.2) is 17.3 Å². The predicted molar refractivity (Wildman–Crippen MR) is 33.1 cm³/mol. The van der Waals surface area contributed by atoms with Crippen molar-refractivity contribution >= 4 is 6.21 Å². The summed E-state index contributed by atoms with van der Waals surface area (Å²) in [5, 5.41) is 9.66. The Balaban J connectivity index is 2.68. The Morgan fingerprint density at radius 1 is 1.78 bits per heavy atom. The van der Waals surface area contributed by atoms with E-state index < -0.39 is 6.04 Å². The van der Waals surface area contributed by atoms with Gasteiger partial charge in [0.15, 0.2) is 6.04 Å². The summed E-state index contributed by atoms with van der Waals surface area (Å²) in [5.74, 6) is 5.32. The molecule has 0 aliphatic carbocycles. The van der Waals surface area contributed by atoms with Crippen molar-refractivity contribution in [1.29, 1.82) is 5.26 Å². The molecule has 0 bridgehead atoms. The van der Waals surface area contributed by atoms with Crippen LogP contribution in [0.5, 0.6) is 0 Å². The lowest BCUT2D eigenvalue weighted by Crippen LogP contribution is -2.37. The molecule has 0 spiro atoms. The van der Waals surface area contributed by atoms with Crippen LogP contribution < -0.4 is 5.84 Å². The van der Waals surface area contributed by atoms with E-state index in [1.165, 1.54) is 17.4 Å². The average Bonchev–Trinajstić information content (AvgIpc) is 1.89. The Labute approximate surface area is 52.9 Å². The summed E-state index contributed by atoms with van der Waals surface area (Å²) in [7, 11) is 0. The summed E-state index contributed by atoms with van der Waals surface area (Å²) >= 11 is 0. The second-order valence-electron chi connectivity index (χ2n) is 1.62. The van der Waals surface area contributed by atoms with Crippen molar-refractivity contribution in [2.45, 2.75) is 6.04 Å². The van der Waals surface area contributed by atoms with Gasteiger partial charge in [-0.3, -0.25) is 10.0 Å². The van der Waals surface area contributed by atoms with Gasteiger partial charge in [-0.05, 0) is 0 Å². The summed E-state index contributed by atoms with van der Waals surface area (Å²) in [6.07, 6.45) is 4.57. The zero-order valence-electron chi connectivity index (χ0n) is 4.73. The van der Waals surface area contributed by atoms with Gasteiger partial charge in [-0.25, -0.2) is 5.84 Å². The van der Waals surface area contributed by atoms with Crippen molar-refractivity contribution < 1.29 is 0 Å². The third-order valence-electron chi connectivity index (χ3n) is 1.01. The topological polar surface area (TPSA) is 65.4 Å². The maximum absolute atomic E-state index is 8.36. The standard InChI is InChI=1S/C5H6N4/c6-3-5-4-8-1-2-9(5)7/h1-2,4-5H,7H2. The maximum Gasteiger partial charge on any atom is 0.166 e. The largest absolute Gasteiger partial charge is 0.294 e. The van der Waals surface area contributed by atoms with Gasteiger partial charge in [0, 0.05) is 18.6 Å². The molecule has 46 valence electrons. The summed E-state index contributed by atoms with van der Waals surface area (Å²) in [6.45, 7) is 0. The molecule has 0 fully saturated rings. The number of nitrogens with two attached hydrogens (primary N) is 1. The minimum Gasteiger partial charge on any atom is -0.294 e. The summed E-state index contributed by atoms with van der Waals surface area (Å²) < 4.78 is 0. The first-order valence-electron chi connectivity index (χ1n) is 2.47. The van der Waals surface area contributed by atoms with E-state index in [0.29, 0.717) is 0 Å². The number of aliphatic imine (C=N–C) groups is 1. The molecule has 1 unspecified atom stereocenters. The molecule has 4 nitrogen and oxygen atoms in total. The number of hydrazine groups is 1. The number of nitriles is 1. The first kappa shape index (κ1) is 5.79. The first-order valence-corrected chi connectivity index (χ1v) is 2.47. The minimum absolute atomic E-state index is 0.407. The van der Waals surface area contributed by atoms with E-state index in [0.717, 1.165) is 0 Å². The minimum atomic E-state index is -0.407. The van der Waals surface area contributed by atoms with E-state index in [-0.39, 0.29) is 0 Å². The van der Waals surface area contributed by atoms with Crippen molar-refractivity contribution in [3.8, 4) is 6.07 Å². The van der Waals surface area contributed by atoms with E-state index >= 15 is 0 Å².